The number of ether oxygens (including phenoxy) is 3. The van der Waals surface area contributed by atoms with Crippen molar-refractivity contribution in [2.24, 2.45) is 5.16 Å². The van der Waals surface area contributed by atoms with E-state index in [-0.39, 0.29) is 29.8 Å². The van der Waals surface area contributed by atoms with E-state index < -0.39 is 57.2 Å². The lowest BCUT2D eigenvalue weighted by molar-refractivity contribution is -0.696. The van der Waals surface area contributed by atoms with Crippen LogP contribution in [0.4, 0.5) is 14.7 Å². The van der Waals surface area contributed by atoms with Crippen molar-refractivity contribution in [2.45, 2.75) is 91.1 Å². The van der Waals surface area contributed by atoms with Crippen LogP contribution in [0.3, 0.4) is 0 Å². The first kappa shape index (κ1) is 43.3. The van der Waals surface area contributed by atoms with Crippen molar-refractivity contribution >= 4 is 56.6 Å². The van der Waals surface area contributed by atoms with E-state index in [4.69, 9.17) is 23.6 Å². The Balaban J connectivity index is 1.34. The van der Waals surface area contributed by atoms with Crippen LogP contribution in [0.5, 0.6) is 5.75 Å². The van der Waals surface area contributed by atoms with Crippen LogP contribution in [-0.4, -0.2) is 105 Å². The largest absolute Gasteiger partial charge is 0.488 e. The van der Waals surface area contributed by atoms with Crippen molar-refractivity contribution in [2.75, 3.05) is 25.1 Å². The summed E-state index contributed by atoms with van der Waals surface area (Å²) >= 11 is 0.962. The maximum absolute atomic E-state index is 13.4. The number of hydrogen-bond acceptors (Lipinski definition) is 15. The minimum atomic E-state index is -5.01. The van der Waals surface area contributed by atoms with E-state index in [2.05, 4.69) is 35.4 Å². The van der Waals surface area contributed by atoms with Crippen molar-refractivity contribution < 1.29 is 60.0 Å². The van der Waals surface area contributed by atoms with Crippen molar-refractivity contribution in [1.82, 2.24) is 30.2 Å². The summed E-state index contributed by atoms with van der Waals surface area (Å²) in [6.45, 7) is 14.2. The lowest BCUT2D eigenvalue weighted by Crippen LogP contribution is -2.76. The number of anilines is 1. The van der Waals surface area contributed by atoms with Gasteiger partial charge in [0.15, 0.2) is 17.5 Å². The number of thiazole rings is 1. The SMILES string of the molecule is CC(C)(C)OC(=O)NCCC[n+]1ccn(-c2ccc(OCCO/N=C(\C(=O)N[C@@H]3C(=O)N(OS(=O)(=O)O)C3(C)C)c3csc(NC(=O)OC(C)(C)C)n3)cn2)c1. The van der Waals surface area contributed by atoms with Crippen LogP contribution in [0.2, 0.25) is 0 Å². The van der Waals surface area contributed by atoms with E-state index in [1.54, 1.807) is 53.7 Å². The van der Waals surface area contributed by atoms with Gasteiger partial charge in [0.05, 0.1) is 18.3 Å². The first-order valence-corrected chi connectivity index (χ1v) is 19.4. The first-order chi connectivity index (χ1) is 26.0. The van der Waals surface area contributed by atoms with Crippen LogP contribution in [0.15, 0.2) is 47.6 Å². The lowest BCUT2D eigenvalue weighted by atomic mass is 9.84. The second-order valence-electron chi connectivity index (χ2n) is 14.7. The third kappa shape index (κ3) is 12.8. The molecule has 0 aliphatic carbocycles. The summed E-state index contributed by atoms with van der Waals surface area (Å²) in [5, 5.41) is 13.5. The number of hydroxylamine groups is 2. The molecular formula is C33H46N9O12S2+. The van der Waals surface area contributed by atoms with Crippen LogP contribution in [0.25, 0.3) is 5.82 Å². The molecular weight excluding hydrogens is 779 g/mol. The molecule has 0 bridgehead atoms. The first-order valence-electron chi connectivity index (χ1n) is 17.1. The molecule has 21 nitrogen and oxygen atoms in total. The molecule has 4 heterocycles. The van der Waals surface area contributed by atoms with Crippen molar-refractivity contribution in [3.63, 3.8) is 0 Å². The third-order valence-electron chi connectivity index (χ3n) is 7.23. The zero-order valence-corrected chi connectivity index (χ0v) is 33.7. The van der Waals surface area contributed by atoms with E-state index >= 15 is 0 Å². The zero-order chi connectivity index (χ0) is 41.5. The number of alkyl carbamates (subject to hydrolysis) is 1. The molecule has 306 valence electrons. The fourth-order valence-corrected chi connectivity index (χ4v) is 5.94. The number of aryl methyl sites for hydroxylation is 1. The molecule has 3 aromatic rings. The van der Waals surface area contributed by atoms with Gasteiger partial charge in [0, 0.05) is 24.4 Å². The maximum Gasteiger partial charge on any atom is 0.418 e. The van der Waals surface area contributed by atoms with Gasteiger partial charge in [-0.05, 0) is 61.5 Å². The molecule has 0 saturated carbocycles. The van der Waals surface area contributed by atoms with Crippen LogP contribution in [0.1, 0.15) is 67.5 Å². The van der Waals surface area contributed by atoms with E-state index in [1.807, 2.05) is 27.9 Å². The van der Waals surface area contributed by atoms with Crippen molar-refractivity contribution in [3.8, 4) is 11.6 Å². The Labute approximate surface area is 327 Å². The average molecular weight is 825 g/mol. The van der Waals surface area contributed by atoms with E-state index in [9.17, 15) is 27.6 Å². The molecule has 56 heavy (non-hydrogen) atoms. The minimum Gasteiger partial charge on any atom is -0.488 e. The number of rotatable bonds is 16. The van der Waals surface area contributed by atoms with E-state index in [0.717, 1.165) is 11.3 Å². The Kier molecular flexibility index (Phi) is 13.6. The molecule has 0 aromatic carbocycles. The van der Waals surface area contributed by atoms with Gasteiger partial charge in [-0.1, -0.05) is 5.16 Å². The monoisotopic (exact) mass is 824 g/mol. The van der Waals surface area contributed by atoms with Crippen molar-refractivity contribution in [3.05, 3.63) is 48.1 Å². The van der Waals surface area contributed by atoms with Gasteiger partial charge >= 0.3 is 22.6 Å². The lowest BCUT2D eigenvalue weighted by Gasteiger charge is -2.50. The van der Waals surface area contributed by atoms with Gasteiger partial charge in [-0.2, -0.15) is 18.0 Å². The maximum atomic E-state index is 13.4. The molecule has 0 unspecified atom stereocenters. The highest BCUT2D eigenvalue weighted by Gasteiger charge is 2.58. The highest BCUT2D eigenvalue weighted by atomic mass is 32.3. The second kappa shape index (κ2) is 17.6. The molecule has 0 spiro atoms. The Hall–Kier alpha value is -5.39. The van der Waals surface area contributed by atoms with Gasteiger partial charge in [0.25, 0.3) is 11.8 Å². The molecule has 0 radical (unpaired) electrons. The molecule has 3 aromatic heterocycles. The van der Waals surface area contributed by atoms with Crippen LogP contribution in [-0.2, 0) is 45.1 Å². The summed E-state index contributed by atoms with van der Waals surface area (Å²) in [6, 6.07) is 2.17. The number of oxime groups is 1. The number of hydrogen-bond donors (Lipinski definition) is 4. The van der Waals surface area contributed by atoms with Crippen molar-refractivity contribution in [1.29, 1.82) is 0 Å². The Morgan fingerprint density at radius 1 is 1.07 bits per heavy atom. The minimum absolute atomic E-state index is 0.0150. The molecule has 4 rings (SSSR count). The third-order valence-corrected chi connectivity index (χ3v) is 8.32. The molecule has 4 amide bonds. The molecule has 4 N–H and O–H groups in total. The molecule has 23 heteroatoms. The Morgan fingerprint density at radius 3 is 2.39 bits per heavy atom. The summed E-state index contributed by atoms with van der Waals surface area (Å²) < 4.78 is 55.7. The number of amides is 4. The smallest absolute Gasteiger partial charge is 0.418 e. The predicted octanol–water partition coefficient (Wildman–Crippen LogP) is 2.52. The topological polar surface area (TPSA) is 255 Å². The average Bonchev–Trinajstić information content (AvgIpc) is 3.74. The number of imidazole rings is 1. The highest BCUT2D eigenvalue weighted by Crippen LogP contribution is 2.33. The van der Waals surface area contributed by atoms with Gasteiger partial charge in [-0.25, -0.2) is 24.1 Å². The van der Waals surface area contributed by atoms with Gasteiger partial charge < -0.3 is 29.7 Å². The summed E-state index contributed by atoms with van der Waals surface area (Å²) in [7, 11) is -5.01. The molecule has 1 aliphatic heterocycles. The fourth-order valence-electron chi connectivity index (χ4n) is 4.80. The van der Waals surface area contributed by atoms with Gasteiger partial charge in [-0.15, -0.1) is 15.6 Å². The Morgan fingerprint density at radius 2 is 1.77 bits per heavy atom. The summed E-state index contributed by atoms with van der Waals surface area (Å²) in [6.07, 6.45) is 6.55. The summed E-state index contributed by atoms with van der Waals surface area (Å²) in [4.78, 5) is 64.2. The number of carbonyl (C=O) groups excluding carboxylic acids is 4. The number of nitrogens with one attached hydrogen (secondary N) is 3. The second-order valence-corrected chi connectivity index (χ2v) is 16.5. The number of carbonyl (C=O) groups is 4. The molecule has 1 fully saturated rings. The molecule has 1 saturated heterocycles. The standard InChI is InChI=1S/C33H45N9O12S2/c1-31(2,3)52-29(45)34-12-9-13-40-14-15-41(20-40)23-11-10-21(18-35-23)50-16-17-51-39-24(22-19-55-28(36-22)38-30(46)53-32(4,5)6)26(43)37-25-27(44)42(33(25,7)8)54-56(47,48)49/h10-11,14-15,18-20,25H,9,12-13,16-17H2,1-8H3,(H3-,34,36,37,38,43,45,46,47,48,49)/p+1/b39-24-/t25-/m1/s1. The predicted molar refractivity (Wildman–Crippen MR) is 198 cm³/mol. The number of aromatic nitrogens is 4. The Bertz CT molecular complexity index is 2020. The van der Waals surface area contributed by atoms with Crippen LogP contribution < -0.4 is 25.3 Å². The van der Waals surface area contributed by atoms with Crippen LogP contribution >= 0.6 is 11.3 Å². The van der Waals surface area contributed by atoms with E-state index in [1.165, 1.54) is 25.4 Å². The molecule has 1 aliphatic rings. The normalized spacial score (nSPS) is 15.7. The van der Waals surface area contributed by atoms with Crippen LogP contribution in [0, 0.1) is 0 Å². The van der Waals surface area contributed by atoms with Gasteiger partial charge in [-0.3, -0.25) is 19.5 Å². The summed E-state index contributed by atoms with van der Waals surface area (Å²) in [5.41, 5.74) is -3.15. The quantitative estimate of drug-likeness (QED) is 0.0405. The number of pyridine rings is 1. The number of β-lactam (4-membered cyclic amide) rings is 1. The zero-order valence-electron chi connectivity index (χ0n) is 32.1. The summed E-state index contributed by atoms with van der Waals surface area (Å²) in [5.74, 6) is -0.835. The van der Waals surface area contributed by atoms with Gasteiger partial charge in [0.2, 0.25) is 12.1 Å². The molecule has 1 atom stereocenters. The highest BCUT2D eigenvalue weighted by molar-refractivity contribution is 7.80. The van der Waals surface area contributed by atoms with E-state index in [0.29, 0.717) is 36.1 Å². The number of nitrogens with zero attached hydrogens (tertiary/aromatic N) is 6. The fraction of sp³-hybridized carbons (Fsp3) is 0.515. The van der Waals surface area contributed by atoms with Gasteiger partial charge in [0.1, 0.15) is 47.7 Å².